The van der Waals surface area contributed by atoms with Gasteiger partial charge in [0.05, 0.1) is 11.3 Å². The van der Waals surface area contributed by atoms with Crippen molar-refractivity contribution in [2.75, 3.05) is 0 Å². The van der Waals surface area contributed by atoms with Crippen molar-refractivity contribution >= 4 is 11.6 Å². The van der Waals surface area contributed by atoms with Crippen LogP contribution in [0.2, 0.25) is 0 Å². The predicted octanol–water partition coefficient (Wildman–Crippen LogP) is 2.01. The highest BCUT2D eigenvalue weighted by Gasteiger charge is 2.13. The molecule has 0 spiro atoms. The first-order valence-corrected chi connectivity index (χ1v) is 8.07. The van der Waals surface area contributed by atoms with E-state index in [-0.39, 0.29) is 11.6 Å². The van der Waals surface area contributed by atoms with Gasteiger partial charge in [-0.25, -0.2) is 14.3 Å². The van der Waals surface area contributed by atoms with Gasteiger partial charge in [0.1, 0.15) is 0 Å². The number of hydrogen-bond acceptors (Lipinski definition) is 4. The van der Waals surface area contributed by atoms with Crippen LogP contribution in [0.1, 0.15) is 15.9 Å². The molecule has 26 heavy (non-hydrogen) atoms. The Morgan fingerprint density at radius 3 is 2.88 bits per heavy atom. The van der Waals surface area contributed by atoms with E-state index < -0.39 is 0 Å². The molecule has 0 aliphatic rings. The fourth-order valence-corrected chi connectivity index (χ4v) is 2.76. The number of benzene rings is 1. The molecule has 128 valence electrons. The highest BCUT2D eigenvalue weighted by Crippen LogP contribution is 2.17. The molecule has 2 N–H and O–H groups in total. The van der Waals surface area contributed by atoms with Crippen LogP contribution in [0, 0.1) is 0 Å². The van der Waals surface area contributed by atoms with E-state index in [9.17, 15) is 9.59 Å². The Labute approximate surface area is 148 Å². The number of fused-ring (bicyclic) bond motifs is 1. The zero-order chi connectivity index (χ0) is 17.9. The maximum atomic E-state index is 12.5. The maximum Gasteiger partial charge on any atom is 0.347 e. The lowest BCUT2D eigenvalue weighted by Gasteiger charge is -2.08. The Morgan fingerprint density at radius 1 is 1.12 bits per heavy atom. The first kappa shape index (κ1) is 15.8. The monoisotopic (exact) mass is 345 g/mol. The Bertz CT molecular complexity index is 1130. The van der Waals surface area contributed by atoms with Gasteiger partial charge in [0.2, 0.25) is 0 Å². The Morgan fingerprint density at radius 2 is 2.04 bits per heavy atom. The minimum atomic E-state index is -0.377. The summed E-state index contributed by atoms with van der Waals surface area (Å²) in [4.78, 5) is 28.5. The molecule has 0 fully saturated rings. The number of H-pyrrole nitrogens is 1. The largest absolute Gasteiger partial charge is 0.348 e. The third-order valence-electron chi connectivity index (χ3n) is 4.03. The van der Waals surface area contributed by atoms with E-state index in [1.165, 1.54) is 4.40 Å². The smallest absolute Gasteiger partial charge is 0.347 e. The lowest BCUT2D eigenvalue weighted by Crippen LogP contribution is -2.24. The number of carbonyl (C=O) groups is 1. The number of carbonyl (C=O) groups excluding carboxylic acids is 1. The fourth-order valence-electron chi connectivity index (χ4n) is 2.76. The van der Waals surface area contributed by atoms with E-state index in [0.717, 1.165) is 16.8 Å². The van der Waals surface area contributed by atoms with Gasteiger partial charge in [0.25, 0.3) is 5.91 Å². The van der Waals surface area contributed by atoms with Crippen molar-refractivity contribution < 1.29 is 4.79 Å². The van der Waals surface area contributed by atoms with E-state index >= 15 is 0 Å². The average Bonchev–Trinajstić information content (AvgIpc) is 3.08. The van der Waals surface area contributed by atoms with E-state index in [4.69, 9.17) is 0 Å². The van der Waals surface area contributed by atoms with E-state index in [2.05, 4.69) is 20.5 Å². The number of amides is 1. The van der Waals surface area contributed by atoms with Gasteiger partial charge in [-0.1, -0.05) is 24.3 Å². The number of aromatic nitrogens is 4. The highest BCUT2D eigenvalue weighted by molar-refractivity contribution is 5.99. The fraction of sp³-hybridized carbons (Fsp3) is 0.0526. The lowest BCUT2D eigenvalue weighted by atomic mass is 10.1. The third kappa shape index (κ3) is 2.98. The molecule has 0 aliphatic heterocycles. The molecule has 1 aromatic carbocycles. The molecule has 1 amide bonds. The summed E-state index contributed by atoms with van der Waals surface area (Å²) in [7, 11) is 0. The summed E-state index contributed by atoms with van der Waals surface area (Å²) < 4.78 is 1.30. The number of nitrogens with zero attached hydrogens (tertiary/aromatic N) is 3. The van der Waals surface area contributed by atoms with Crippen molar-refractivity contribution in [1.29, 1.82) is 0 Å². The van der Waals surface area contributed by atoms with Crippen LogP contribution in [-0.2, 0) is 6.54 Å². The minimum Gasteiger partial charge on any atom is -0.348 e. The summed E-state index contributed by atoms with van der Waals surface area (Å²) in [5, 5.41) is 9.11. The second-order valence-corrected chi connectivity index (χ2v) is 5.74. The van der Waals surface area contributed by atoms with Gasteiger partial charge in [-0.15, -0.1) is 0 Å². The molecule has 0 atom stereocenters. The number of hydrogen-bond donors (Lipinski definition) is 2. The molecule has 0 radical (unpaired) electrons. The summed E-state index contributed by atoms with van der Waals surface area (Å²) in [6, 6.07) is 16.8. The van der Waals surface area contributed by atoms with Gasteiger partial charge >= 0.3 is 5.69 Å². The zero-order valence-corrected chi connectivity index (χ0v) is 13.7. The van der Waals surface area contributed by atoms with Crippen LogP contribution in [0.4, 0.5) is 0 Å². The number of nitrogens with one attached hydrogen (secondary N) is 2. The molecule has 0 unspecified atom stereocenters. The summed E-state index contributed by atoms with van der Waals surface area (Å²) in [5.74, 6) is -0.294. The van der Waals surface area contributed by atoms with Crippen LogP contribution in [0.25, 0.3) is 16.9 Å². The SMILES string of the molecule is O=C(NCc1cccc(-c2ccccn2)c1)c1cccn2c(=O)[nH]nc12. The Balaban J connectivity index is 1.54. The van der Waals surface area contributed by atoms with Gasteiger partial charge in [0, 0.05) is 24.5 Å². The topological polar surface area (TPSA) is 92.2 Å². The quantitative estimate of drug-likeness (QED) is 0.592. The molecular formula is C19H15N5O2. The zero-order valence-electron chi connectivity index (χ0n) is 13.7. The standard InChI is InChI=1S/C19H15N5O2/c25-18(15-7-4-10-24-17(15)22-23-19(24)26)21-12-13-5-3-6-14(11-13)16-8-1-2-9-20-16/h1-11H,12H2,(H,21,25)(H,23,26). The van der Waals surface area contributed by atoms with Crippen molar-refractivity contribution in [3.8, 4) is 11.3 Å². The van der Waals surface area contributed by atoms with Crippen molar-refractivity contribution in [3.05, 3.63) is 88.6 Å². The molecule has 7 nitrogen and oxygen atoms in total. The molecule has 0 saturated heterocycles. The molecule has 4 rings (SSSR count). The second kappa shape index (κ2) is 6.64. The third-order valence-corrected chi connectivity index (χ3v) is 4.03. The van der Waals surface area contributed by atoms with Gasteiger partial charge < -0.3 is 5.32 Å². The van der Waals surface area contributed by atoms with E-state index in [1.807, 2.05) is 42.5 Å². The molecule has 3 heterocycles. The molecule has 0 aliphatic carbocycles. The number of rotatable bonds is 4. The van der Waals surface area contributed by atoms with Crippen molar-refractivity contribution in [3.63, 3.8) is 0 Å². The van der Waals surface area contributed by atoms with Gasteiger partial charge in [-0.3, -0.25) is 9.78 Å². The van der Waals surface area contributed by atoms with Crippen LogP contribution in [0.3, 0.4) is 0 Å². The normalized spacial score (nSPS) is 10.8. The molecular weight excluding hydrogens is 330 g/mol. The summed E-state index contributed by atoms with van der Waals surface area (Å²) in [6.45, 7) is 0.356. The second-order valence-electron chi connectivity index (χ2n) is 5.74. The van der Waals surface area contributed by atoms with Gasteiger partial charge in [0.15, 0.2) is 5.65 Å². The number of pyridine rings is 2. The first-order chi connectivity index (χ1) is 12.7. The van der Waals surface area contributed by atoms with E-state index in [1.54, 1.807) is 24.5 Å². The summed E-state index contributed by atoms with van der Waals surface area (Å²) in [5.41, 5.74) is 3.08. The van der Waals surface area contributed by atoms with Crippen molar-refractivity contribution in [1.82, 2.24) is 24.9 Å². The van der Waals surface area contributed by atoms with E-state index in [0.29, 0.717) is 17.8 Å². The minimum absolute atomic E-state index is 0.294. The highest BCUT2D eigenvalue weighted by atomic mass is 16.2. The predicted molar refractivity (Wildman–Crippen MR) is 96.7 cm³/mol. The van der Waals surface area contributed by atoms with Gasteiger partial charge in [-0.05, 0) is 35.9 Å². The van der Waals surface area contributed by atoms with Crippen LogP contribution in [0.15, 0.2) is 71.8 Å². The van der Waals surface area contributed by atoms with Crippen LogP contribution < -0.4 is 11.0 Å². The maximum absolute atomic E-state index is 12.5. The molecule has 4 aromatic rings. The Kier molecular flexibility index (Phi) is 4.03. The summed E-state index contributed by atoms with van der Waals surface area (Å²) >= 11 is 0. The average molecular weight is 345 g/mol. The molecule has 3 aromatic heterocycles. The number of aromatic amines is 1. The Hall–Kier alpha value is -3.74. The van der Waals surface area contributed by atoms with Crippen LogP contribution >= 0.6 is 0 Å². The van der Waals surface area contributed by atoms with Crippen LogP contribution in [0.5, 0.6) is 0 Å². The summed E-state index contributed by atoms with van der Waals surface area (Å²) in [6.07, 6.45) is 3.31. The first-order valence-electron chi connectivity index (χ1n) is 8.07. The van der Waals surface area contributed by atoms with Crippen molar-refractivity contribution in [2.24, 2.45) is 0 Å². The van der Waals surface area contributed by atoms with Crippen molar-refractivity contribution in [2.45, 2.75) is 6.54 Å². The molecule has 0 saturated carbocycles. The lowest BCUT2D eigenvalue weighted by molar-refractivity contribution is 0.0952. The molecule has 0 bridgehead atoms. The van der Waals surface area contributed by atoms with Crippen LogP contribution in [-0.4, -0.2) is 25.5 Å². The molecule has 7 heteroatoms. The van der Waals surface area contributed by atoms with Gasteiger partial charge in [-0.2, -0.15) is 5.10 Å².